The zero-order chi connectivity index (χ0) is 23.4. The van der Waals surface area contributed by atoms with Crippen molar-refractivity contribution in [2.75, 3.05) is 20.3 Å². The molecule has 34 heavy (non-hydrogen) atoms. The Labute approximate surface area is 201 Å². The Bertz CT molecular complexity index is 1360. The molecule has 5 heterocycles. The van der Waals surface area contributed by atoms with Crippen molar-refractivity contribution in [1.29, 1.82) is 0 Å². The van der Waals surface area contributed by atoms with Crippen LogP contribution in [0.15, 0.2) is 35.2 Å². The lowest BCUT2D eigenvalue weighted by molar-refractivity contribution is 0.00973. The molecule has 1 fully saturated rings. The number of benzene rings is 1. The Morgan fingerprint density at radius 2 is 2.15 bits per heavy atom. The minimum Gasteiger partial charge on any atom is -0.381 e. The number of aromatic nitrogens is 6. The second-order valence-corrected chi connectivity index (χ2v) is 9.78. The summed E-state index contributed by atoms with van der Waals surface area (Å²) in [7, 11) is 1.62. The Morgan fingerprint density at radius 1 is 1.26 bits per heavy atom. The monoisotopic (exact) mass is 480 g/mol. The Morgan fingerprint density at radius 3 is 2.94 bits per heavy atom. The molecule has 1 saturated heterocycles. The fourth-order valence-corrected chi connectivity index (χ4v) is 4.75. The van der Waals surface area contributed by atoms with Gasteiger partial charge >= 0.3 is 0 Å². The van der Waals surface area contributed by atoms with Gasteiger partial charge in [0.25, 0.3) is 5.89 Å². The third-order valence-corrected chi connectivity index (χ3v) is 6.92. The molecule has 0 aliphatic carbocycles. The highest BCUT2D eigenvalue weighted by atomic mass is 35.5. The lowest BCUT2D eigenvalue weighted by atomic mass is 10.0. The van der Waals surface area contributed by atoms with Gasteiger partial charge in [0.15, 0.2) is 5.69 Å². The number of rotatable bonds is 5. The minimum absolute atomic E-state index is 0.364. The SMILES string of the molecule is COC(C)(C)c1noc(-c2ncn3c2Cc2cn(CC4CCOC4)nc2-c2cc(Cl)ccc2-3)n1. The molecule has 9 nitrogen and oxygen atoms in total. The van der Waals surface area contributed by atoms with Crippen molar-refractivity contribution in [3.05, 3.63) is 52.8 Å². The van der Waals surface area contributed by atoms with Crippen molar-refractivity contribution in [3.63, 3.8) is 0 Å². The van der Waals surface area contributed by atoms with E-state index < -0.39 is 5.60 Å². The van der Waals surface area contributed by atoms with E-state index in [1.165, 1.54) is 0 Å². The van der Waals surface area contributed by atoms with Crippen LogP contribution in [0.1, 0.15) is 37.4 Å². The summed E-state index contributed by atoms with van der Waals surface area (Å²) in [6.45, 7) is 6.21. The average Bonchev–Trinajstić information content (AvgIpc) is 3.61. The molecule has 1 aromatic carbocycles. The Balaban J connectivity index is 1.46. The second-order valence-electron chi connectivity index (χ2n) is 9.34. The average molecular weight is 481 g/mol. The van der Waals surface area contributed by atoms with Gasteiger partial charge in [0.05, 0.1) is 23.7 Å². The summed E-state index contributed by atoms with van der Waals surface area (Å²) in [6, 6.07) is 5.85. The number of halogens is 1. The molecule has 2 aliphatic heterocycles. The van der Waals surface area contributed by atoms with E-state index in [0.717, 1.165) is 54.4 Å². The molecule has 0 saturated carbocycles. The number of hydrogen-bond donors (Lipinski definition) is 0. The topological polar surface area (TPSA) is 93.0 Å². The Kier molecular flexibility index (Phi) is 5.09. The second kappa shape index (κ2) is 8.04. The summed E-state index contributed by atoms with van der Waals surface area (Å²) in [4.78, 5) is 9.26. The third kappa shape index (κ3) is 3.55. The van der Waals surface area contributed by atoms with Crippen molar-refractivity contribution >= 4 is 11.6 Å². The maximum atomic E-state index is 6.41. The standard InChI is InChI=1S/C24H25ClN6O3/c1-24(2,32-3)23-27-22(34-29-23)21-19-8-15-11-30(10-14-6-7-33-12-14)28-20(15)17-9-16(25)4-5-18(17)31(19)13-26-21/h4-5,9,11,13-14H,6-8,10,12H2,1-3H3. The van der Waals surface area contributed by atoms with Gasteiger partial charge < -0.3 is 18.6 Å². The molecule has 10 heteroatoms. The first kappa shape index (κ1) is 21.5. The number of imidazole rings is 1. The van der Waals surface area contributed by atoms with Gasteiger partial charge in [0.1, 0.15) is 11.9 Å². The van der Waals surface area contributed by atoms with E-state index in [1.54, 1.807) is 13.4 Å². The van der Waals surface area contributed by atoms with Crippen molar-refractivity contribution < 1.29 is 14.0 Å². The van der Waals surface area contributed by atoms with Gasteiger partial charge in [-0.25, -0.2) is 4.98 Å². The van der Waals surface area contributed by atoms with Gasteiger partial charge in [-0.15, -0.1) is 0 Å². The minimum atomic E-state index is -0.667. The van der Waals surface area contributed by atoms with Crippen LogP contribution >= 0.6 is 11.6 Å². The summed E-state index contributed by atoms with van der Waals surface area (Å²) in [6.07, 6.45) is 5.58. The van der Waals surface area contributed by atoms with Crippen LogP contribution in [0, 0.1) is 5.92 Å². The van der Waals surface area contributed by atoms with Crippen molar-refractivity contribution in [1.82, 2.24) is 29.5 Å². The van der Waals surface area contributed by atoms with Crippen LogP contribution < -0.4 is 0 Å². The highest BCUT2D eigenvalue weighted by Gasteiger charge is 2.31. The number of hydrogen-bond acceptors (Lipinski definition) is 7. The van der Waals surface area contributed by atoms with E-state index in [2.05, 4.69) is 25.9 Å². The van der Waals surface area contributed by atoms with Gasteiger partial charge in [-0.05, 0) is 38.5 Å². The normalized spacial score (nSPS) is 17.4. The van der Waals surface area contributed by atoms with Crippen LogP contribution in [0.4, 0.5) is 0 Å². The number of fused-ring (bicyclic) bond motifs is 5. The quantitative estimate of drug-likeness (QED) is 0.371. The molecule has 0 radical (unpaired) electrons. The van der Waals surface area contributed by atoms with E-state index in [0.29, 0.717) is 34.8 Å². The highest BCUT2D eigenvalue weighted by molar-refractivity contribution is 6.31. The molecule has 6 rings (SSSR count). The lowest BCUT2D eigenvalue weighted by Crippen LogP contribution is -2.21. The first-order chi connectivity index (χ1) is 16.4. The summed E-state index contributed by atoms with van der Waals surface area (Å²) in [5.74, 6) is 1.31. The predicted molar refractivity (Wildman–Crippen MR) is 125 cm³/mol. The molecule has 176 valence electrons. The smallest absolute Gasteiger partial charge is 0.278 e. The molecular weight excluding hydrogens is 456 g/mol. The molecule has 1 unspecified atom stereocenters. The van der Waals surface area contributed by atoms with Gasteiger partial charge in [-0.3, -0.25) is 4.68 Å². The van der Waals surface area contributed by atoms with Crippen molar-refractivity contribution in [2.45, 2.75) is 38.8 Å². The van der Waals surface area contributed by atoms with Gasteiger partial charge in [-0.1, -0.05) is 16.8 Å². The predicted octanol–water partition coefficient (Wildman–Crippen LogP) is 4.26. The molecule has 0 amide bonds. The van der Waals surface area contributed by atoms with E-state index in [9.17, 15) is 0 Å². The van der Waals surface area contributed by atoms with Crippen molar-refractivity contribution in [3.8, 4) is 28.5 Å². The summed E-state index contributed by atoms with van der Waals surface area (Å²) < 4.78 is 20.8. The molecule has 0 spiro atoms. The number of nitrogens with zero attached hydrogens (tertiary/aromatic N) is 6. The molecule has 3 aromatic heterocycles. The molecule has 0 bridgehead atoms. The zero-order valence-electron chi connectivity index (χ0n) is 19.3. The molecule has 0 N–H and O–H groups in total. The van der Waals surface area contributed by atoms with Crippen molar-refractivity contribution in [2.24, 2.45) is 5.92 Å². The maximum absolute atomic E-state index is 6.41. The van der Waals surface area contributed by atoms with Crippen LogP contribution in [0.2, 0.25) is 5.02 Å². The molecule has 2 aliphatic rings. The summed E-state index contributed by atoms with van der Waals surface area (Å²) in [5.41, 5.74) is 4.90. The third-order valence-electron chi connectivity index (χ3n) is 6.68. The van der Waals surface area contributed by atoms with E-state index in [4.69, 9.17) is 30.7 Å². The molecule has 1 atom stereocenters. The van der Waals surface area contributed by atoms with E-state index >= 15 is 0 Å². The van der Waals surface area contributed by atoms with Crippen LogP contribution in [0.5, 0.6) is 0 Å². The molecular formula is C24H25ClN6O3. The lowest BCUT2D eigenvalue weighted by Gasteiger charge is -2.17. The fraction of sp³-hybridized carbons (Fsp3) is 0.417. The number of ether oxygens (including phenoxy) is 2. The summed E-state index contributed by atoms with van der Waals surface area (Å²) >= 11 is 6.41. The van der Waals surface area contributed by atoms with Gasteiger partial charge in [0.2, 0.25) is 5.82 Å². The van der Waals surface area contributed by atoms with Gasteiger partial charge in [0, 0.05) is 54.9 Å². The van der Waals surface area contributed by atoms with Crippen LogP contribution in [0.3, 0.4) is 0 Å². The first-order valence-corrected chi connectivity index (χ1v) is 11.7. The molecule has 4 aromatic rings. The van der Waals surface area contributed by atoms with Crippen LogP contribution in [-0.4, -0.2) is 49.8 Å². The zero-order valence-corrected chi connectivity index (χ0v) is 20.0. The summed E-state index contributed by atoms with van der Waals surface area (Å²) in [5, 5.41) is 9.78. The highest BCUT2D eigenvalue weighted by Crippen LogP contribution is 2.39. The van der Waals surface area contributed by atoms with Crippen LogP contribution in [-0.2, 0) is 28.0 Å². The van der Waals surface area contributed by atoms with E-state index in [1.807, 2.05) is 36.7 Å². The maximum Gasteiger partial charge on any atom is 0.278 e. The van der Waals surface area contributed by atoms with Crippen LogP contribution in [0.25, 0.3) is 28.5 Å². The van der Waals surface area contributed by atoms with Gasteiger partial charge in [-0.2, -0.15) is 10.1 Å². The Hall–Kier alpha value is -3.01. The number of methoxy groups -OCH3 is 1. The largest absolute Gasteiger partial charge is 0.381 e. The van der Waals surface area contributed by atoms with E-state index in [-0.39, 0.29) is 0 Å². The fourth-order valence-electron chi connectivity index (χ4n) is 4.58. The first-order valence-electron chi connectivity index (χ1n) is 11.3.